The molecule has 96 valence electrons. The van der Waals surface area contributed by atoms with Gasteiger partial charge in [-0.2, -0.15) is 5.26 Å². The van der Waals surface area contributed by atoms with Gasteiger partial charge in [-0.1, -0.05) is 18.2 Å². The summed E-state index contributed by atoms with van der Waals surface area (Å²) in [5.74, 6) is 0. The lowest BCUT2D eigenvalue weighted by molar-refractivity contribution is -0.0510. The molecular formula is C15H19NO2. The van der Waals surface area contributed by atoms with Crippen molar-refractivity contribution in [1.82, 2.24) is 0 Å². The Morgan fingerprint density at radius 1 is 1.39 bits per heavy atom. The number of ether oxygens (including phenoxy) is 1. The molecule has 1 N–H and O–H groups in total. The molecule has 0 spiro atoms. The van der Waals surface area contributed by atoms with Crippen LogP contribution in [0, 0.1) is 30.6 Å². The molecule has 0 saturated carbocycles. The third-order valence-corrected chi connectivity index (χ3v) is 3.83. The van der Waals surface area contributed by atoms with Crippen LogP contribution in [0.2, 0.25) is 0 Å². The number of nitriles is 1. The van der Waals surface area contributed by atoms with Gasteiger partial charge >= 0.3 is 0 Å². The number of hydrogen-bond acceptors (Lipinski definition) is 3. The summed E-state index contributed by atoms with van der Waals surface area (Å²) < 4.78 is 5.42. The molecule has 3 nitrogen and oxygen atoms in total. The van der Waals surface area contributed by atoms with Gasteiger partial charge in [-0.15, -0.1) is 0 Å². The minimum Gasteiger partial charge on any atom is -0.387 e. The monoisotopic (exact) mass is 245 g/mol. The molecule has 2 unspecified atom stereocenters. The minimum atomic E-state index is -0.797. The average molecular weight is 245 g/mol. The van der Waals surface area contributed by atoms with Crippen LogP contribution in [-0.2, 0) is 4.74 Å². The summed E-state index contributed by atoms with van der Waals surface area (Å²) in [5.41, 5.74) is 2.14. The van der Waals surface area contributed by atoms with E-state index in [1.165, 1.54) is 0 Å². The maximum atomic E-state index is 10.7. The van der Waals surface area contributed by atoms with Gasteiger partial charge in [-0.05, 0) is 43.4 Å². The molecule has 2 rings (SSSR count). The lowest BCUT2D eigenvalue weighted by Crippen LogP contribution is -2.37. The molecule has 0 aliphatic carbocycles. The molecule has 18 heavy (non-hydrogen) atoms. The fourth-order valence-corrected chi connectivity index (χ4v) is 2.72. The Morgan fingerprint density at radius 3 is 2.56 bits per heavy atom. The quantitative estimate of drug-likeness (QED) is 0.871. The highest BCUT2D eigenvalue weighted by atomic mass is 16.5. The number of hydrogen-bond donors (Lipinski definition) is 1. The summed E-state index contributed by atoms with van der Waals surface area (Å²) in [4.78, 5) is 0. The predicted octanol–water partition coefficient (Wildman–Crippen LogP) is 2.66. The van der Waals surface area contributed by atoms with E-state index in [1.54, 1.807) is 0 Å². The smallest absolute Gasteiger partial charge is 0.111 e. The molecular weight excluding hydrogens is 226 g/mol. The first-order valence-electron chi connectivity index (χ1n) is 6.34. The summed E-state index contributed by atoms with van der Waals surface area (Å²) in [5, 5.41) is 20.1. The highest BCUT2D eigenvalue weighted by Gasteiger charge is 2.42. The van der Waals surface area contributed by atoms with E-state index in [9.17, 15) is 10.4 Å². The number of benzene rings is 1. The second-order valence-corrected chi connectivity index (χ2v) is 5.13. The van der Waals surface area contributed by atoms with Crippen LogP contribution >= 0.6 is 0 Å². The topological polar surface area (TPSA) is 53.2 Å². The Bertz CT molecular complexity index is 450. The number of aliphatic hydroxyl groups is 1. The van der Waals surface area contributed by atoms with E-state index in [4.69, 9.17) is 4.74 Å². The third-order valence-electron chi connectivity index (χ3n) is 3.83. The molecule has 1 aromatic carbocycles. The van der Waals surface area contributed by atoms with Crippen molar-refractivity contribution in [1.29, 1.82) is 5.26 Å². The Kier molecular flexibility index (Phi) is 3.70. The van der Waals surface area contributed by atoms with E-state index >= 15 is 0 Å². The molecule has 0 bridgehead atoms. The van der Waals surface area contributed by atoms with Gasteiger partial charge in [0, 0.05) is 6.61 Å². The van der Waals surface area contributed by atoms with E-state index < -0.39 is 11.5 Å². The fraction of sp³-hybridized carbons (Fsp3) is 0.533. The van der Waals surface area contributed by atoms with Crippen molar-refractivity contribution in [3.05, 3.63) is 34.9 Å². The van der Waals surface area contributed by atoms with Gasteiger partial charge in [0.05, 0.1) is 12.7 Å². The maximum absolute atomic E-state index is 10.7. The zero-order valence-electron chi connectivity index (χ0n) is 10.9. The van der Waals surface area contributed by atoms with Crippen LogP contribution in [0.5, 0.6) is 0 Å². The Morgan fingerprint density at radius 2 is 2.06 bits per heavy atom. The largest absolute Gasteiger partial charge is 0.387 e. The first-order valence-corrected chi connectivity index (χ1v) is 6.34. The van der Waals surface area contributed by atoms with Gasteiger partial charge in [0.2, 0.25) is 0 Å². The van der Waals surface area contributed by atoms with Crippen molar-refractivity contribution >= 4 is 0 Å². The van der Waals surface area contributed by atoms with E-state index in [-0.39, 0.29) is 0 Å². The van der Waals surface area contributed by atoms with Gasteiger partial charge in [-0.25, -0.2) is 0 Å². The normalized spacial score (nSPS) is 25.4. The molecule has 1 saturated heterocycles. The summed E-state index contributed by atoms with van der Waals surface area (Å²) in [6.07, 6.45) is 0.748. The number of aryl methyl sites for hydroxylation is 2. The first-order chi connectivity index (χ1) is 8.60. The van der Waals surface area contributed by atoms with Gasteiger partial charge in [-0.3, -0.25) is 0 Å². The Hall–Kier alpha value is -1.37. The van der Waals surface area contributed by atoms with Crippen LogP contribution in [0.3, 0.4) is 0 Å². The molecule has 0 amide bonds. The molecule has 1 aromatic rings. The van der Waals surface area contributed by atoms with Crippen LogP contribution in [0.15, 0.2) is 18.2 Å². The maximum Gasteiger partial charge on any atom is 0.111 e. The van der Waals surface area contributed by atoms with Gasteiger partial charge in [0.25, 0.3) is 0 Å². The zero-order chi connectivity index (χ0) is 13.2. The average Bonchev–Trinajstić information content (AvgIpc) is 2.39. The zero-order valence-corrected chi connectivity index (χ0v) is 10.9. The SMILES string of the molecule is Cc1cccc(C)c1C(O)C1(C#N)CCCOC1. The first kappa shape index (κ1) is 13.1. The molecule has 0 radical (unpaired) electrons. The fourth-order valence-electron chi connectivity index (χ4n) is 2.72. The summed E-state index contributed by atoms with van der Waals surface area (Å²) in [6, 6.07) is 8.21. The Balaban J connectivity index is 2.41. The molecule has 0 aromatic heterocycles. The lowest BCUT2D eigenvalue weighted by atomic mass is 9.74. The molecule has 1 aliphatic heterocycles. The Labute approximate surface area is 108 Å². The molecule has 2 atom stereocenters. The number of rotatable bonds is 2. The van der Waals surface area contributed by atoms with E-state index in [2.05, 4.69) is 6.07 Å². The number of aliphatic hydroxyl groups excluding tert-OH is 1. The second kappa shape index (κ2) is 5.09. The summed E-state index contributed by atoms with van der Waals surface area (Å²) in [7, 11) is 0. The number of nitrogens with zero attached hydrogens (tertiary/aromatic N) is 1. The highest BCUT2D eigenvalue weighted by Crippen LogP contribution is 2.42. The van der Waals surface area contributed by atoms with Crippen molar-refractivity contribution in [3.63, 3.8) is 0 Å². The minimum absolute atomic E-state index is 0.318. The van der Waals surface area contributed by atoms with Gasteiger partial charge < -0.3 is 9.84 Å². The molecule has 1 heterocycles. The lowest BCUT2D eigenvalue weighted by Gasteiger charge is -2.36. The van der Waals surface area contributed by atoms with Crippen molar-refractivity contribution in [2.75, 3.05) is 13.2 Å². The van der Waals surface area contributed by atoms with Crippen LogP contribution in [0.4, 0.5) is 0 Å². The predicted molar refractivity (Wildman–Crippen MR) is 69.0 cm³/mol. The third kappa shape index (κ3) is 2.14. The van der Waals surface area contributed by atoms with E-state index in [0.717, 1.165) is 23.1 Å². The van der Waals surface area contributed by atoms with Crippen LogP contribution in [-0.4, -0.2) is 18.3 Å². The highest BCUT2D eigenvalue weighted by molar-refractivity contribution is 5.37. The summed E-state index contributed by atoms with van der Waals surface area (Å²) in [6.45, 7) is 4.95. The standard InChI is InChI=1S/C15H19NO2/c1-11-5-3-6-12(2)13(11)14(17)15(9-16)7-4-8-18-10-15/h3,5-6,14,17H,4,7-8,10H2,1-2H3. The van der Waals surface area contributed by atoms with Crippen molar-refractivity contribution < 1.29 is 9.84 Å². The van der Waals surface area contributed by atoms with Crippen LogP contribution in [0.25, 0.3) is 0 Å². The van der Waals surface area contributed by atoms with Crippen molar-refractivity contribution in [2.24, 2.45) is 5.41 Å². The van der Waals surface area contributed by atoms with E-state index in [1.807, 2.05) is 32.0 Å². The van der Waals surface area contributed by atoms with Crippen molar-refractivity contribution in [2.45, 2.75) is 32.8 Å². The molecule has 1 fully saturated rings. The molecule has 3 heteroatoms. The van der Waals surface area contributed by atoms with Crippen molar-refractivity contribution in [3.8, 4) is 6.07 Å². The molecule has 1 aliphatic rings. The van der Waals surface area contributed by atoms with Gasteiger partial charge in [0.1, 0.15) is 11.5 Å². The second-order valence-electron chi connectivity index (χ2n) is 5.13. The van der Waals surface area contributed by atoms with Crippen LogP contribution in [0.1, 0.15) is 35.6 Å². The summed E-state index contributed by atoms with van der Waals surface area (Å²) >= 11 is 0. The van der Waals surface area contributed by atoms with Crippen LogP contribution < -0.4 is 0 Å². The van der Waals surface area contributed by atoms with Gasteiger partial charge in [0.15, 0.2) is 0 Å². The van der Waals surface area contributed by atoms with E-state index in [0.29, 0.717) is 19.6 Å².